The topological polar surface area (TPSA) is 47.4 Å². The lowest BCUT2D eigenvalue weighted by Crippen LogP contribution is -2.42. The summed E-state index contributed by atoms with van der Waals surface area (Å²) >= 11 is 0. The highest BCUT2D eigenvalue weighted by molar-refractivity contribution is 5.68. The minimum Gasteiger partial charge on any atom is -0.444 e. The van der Waals surface area contributed by atoms with Gasteiger partial charge in [-0.15, -0.1) is 0 Å². The highest BCUT2D eigenvalue weighted by Crippen LogP contribution is 2.26. The van der Waals surface area contributed by atoms with Crippen molar-refractivity contribution in [2.75, 3.05) is 13.1 Å². The number of piperidine rings is 1. The first-order valence-electron chi connectivity index (χ1n) is 8.59. The molecule has 0 radical (unpaired) electrons. The smallest absolute Gasteiger partial charge is 0.410 e. The van der Waals surface area contributed by atoms with Crippen LogP contribution in [0.2, 0.25) is 0 Å². The van der Waals surface area contributed by atoms with Gasteiger partial charge in [-0.2, -0.15) is 0 Å². The molecule has 6 heteroatoms. The Balaban J connectivity index is 1.61. The molecule has 0 saturated carbocycles. The quantitative estimate of drug-likeness (QED) is 0.817. The molecule has 0 unspecified atom stereocenters. The molecule has 25 heavy (non-hydrogen) atoms. The third kappa shape index (κ3) is 4.38. The Labute approximate surface area is 147 Å². The van der Waals surface area contributed by atoms with E-state index in [9.17, 15) is 9.18 Å². The number of nitrogens with zero attached hydrogens (tertiary/aromatic N) is 3. The molecule has 5 nitrogen and oxygen atoms in total. The third-order valence-electron chi connectivity index (χ3n) is 4.26. The van der Waals surface area contributed by atoms with Gasteiger partial charge < -0.3 is 14.2 Å². The van der Waals surface area contributed by atoms with Gasteiger partial charge >= 0.3 is 6.09 Å². The minimum atomic E-state index is -0.474. The van der Waals surface area contributed by atoms with E-state index < -0.39 is 5.60 Å². The summed E-state index contributed by atoms with van der Waals surface area (Å²) in [5.74, 6) is -0.266. The molecular weight excluding hydrogens is 321 g/mol. The van der Waals surface area contributed by atoms with Crippen molar-refractivity contribution < 1.29 is 13.9 Å². The number of hydrogen-bond donors (Lipinski definition) is 0. The SMILES string of the molecule is CC(C)(C)OC(=O)N1CCC(n2cnc(-c3cccc(F)c3)c2)CC1. The maximum Gasteiger partial charge on any atom is 0.410 e. The van der Waals surface area contributed by atoms with Crippen LogP contribution >= 0.6 is 0 Å². The molecule has 0 spiro atoms. The molecule has 2 heterocycles. The molecule has 1 aromatic carbocycles. The standard InChI is InChI=1S/C19H24FN3O2/c1-19(2,3)25-18(24)22-9-7-16(8-10-22)23-12-17(21-13-23)14-5-4-6-15(20)11-14/h4-6,11-13,16H,7-10H2,1-3H3. The summed E-state index contributed by atoms with van der Waals surface area (Å²) in [6, 6.07) is 6.72. The van der Waals surface area contributed by atoms with Crippen molar-refractivity contribution in [1.29, 1.82) is 0 Å². The fraction of sp³-hybridized carbons (Fsp3) is 0.474. The average molecular weight is 345 g/mol. The molecule has 0 aliphatic carbocycles. The van der Waals surface area contributed by atoms with Crippen molar-refractivity contribution in [3.8, 4) is 11.3 Å². The van der Waals surface area contributed by atoms with Crippen LogP contribution in [0.5, 0.6) is 0 Å². The number of carbonyl (C=O) groups is 1. The normalized spacial score (nSPS) is 16.1. The number of carbonyl (C=O) groups excluding carboxylic acids is 1. The lowest BCUT2D eigenvalue weighted by Gasteiger charge is -2.33. The van der Waals surface area contributed by atoms with Gasteiger partial charge in [0.1, 0.15) is 11.4 Å². The summed E-state index contributed by atoms with van der Waals surface area (Å²) < 4.78 is 20.9. The Kier molecular flexibility index (Phi) is 4.79. The first-order chi connectivity index (χ1) is 11.8. The van der Waals surface area contributed by atoms with Crippen LogP contribution in [0.25, 0.3) is 11.3 Å². The molecule has 1 saturated heterocycles. The van der Waals surface area contributed by atoms with Crippen molar-refractivity contribution in [1.82, 2.24) is 14.5 Å². The summed E-state index contributed by atoms with van der Waals surface area (Å²) in [5, 5.41) is 0. The molecule has 134 valence electrons. The summed E-state index contributed by atoms with van der Waals surface area (Å²) in [4.78, 5) is 18.3. The second kappa shape index (κ2) is 6.86. The third-order valence-corrected chi connectivity index (χ3v) is 4.26. The van der Waals surface area contributed by atoms with Crippen LogP contribution in [0.3, 0.4) is 0 Å². The number of ether oxygens (including phenoxy) is 1. The average Bonchev–Trinajstić information content (AvgIpc) is 3.03. The largest absolute Gasteiger partial charge is 0.444 e. The fourth-order valence-corrected chi connectivity index (χ4v) is 3.01. The number of imidazole rings is 1. The van der Waals surface area contributed by atoms with Crippen molar-refractivity contribution in [2.24, 2.45) is 0 Å². The number of hydrogen-bond acceptors (Lipinski definition) is 3. The maximum atomic E-state index is 13.4. The first kappa shape index (κ1) is 17.5. The molecule has 1 fully saturated rings. The van der Waals surface area contributed by atoms with Crippen LogP contribution in [-0.4, -0.2) is 39.2 Å². The Morgan fingerprint density at radius 1 is 1.28 bits per heavy atom. The number of amides is 1. The Bertz CT molecular complexity index is 743. The molecular formula is C19H24FN3O2. The molecule has 2 aromatic rings. The van der Waals surface area contributed by atoms with E-state index in [0.717, 1.165) is 24.1 Å². The van der Waals surface area contributed by atoms with Gasteiger partial charge in [-0.05, 0) is 45.7 Å². The predicted molar refractivity (Wildman–Crippen MR) is 93.7 cm³/mol. The fourth-order valence-electron chi connectivity index (χ4n) is 3.01. The summed E-state index contributed by atoms with van der Waals surface area (Å²) in [6.07, 6.45) is 5.17. The molecule has 1 aliphatic rings. The van der Waals surface area contributed by atoms with Crippen molar-refractivity contribution in [2.45, 2.75) is 45.3 Å². The number of halogens is 1. The Morgan fingerprint density at radius 2 is 2.00 bits per heavy atom. The molecule has 1 aliphatic heterocycles. The number of likely N-dealkylation sites (tertiary alicyclic amines) is 1. The summed E-state index contributed by atoms with van der Waals surface area (Å²) in [6.45, 7) is 6.94. The number of rotatable bonds is 2. The van der Waals surface area contributed by atoms with E-state index in [0.29, 0.717) is 13.1 Å². The van der Waals surface area contributed by atoms with Gasteiger partial charge in [0.05, 0.1) is 12.0 Å². The van der Waals surface area contributed by atoms with E-state index in [1.807, 2.05) is 33.0 Å². The van der Waals surface area contributed by atoms with E-state index in [4.69, 9.17) is 4.74 Å². The number of aromatic nitrogens is 2. The lowest BCUT2D eigenvalue weighted by atomic mass is 10.1. The maximum absolute atomic E-state index is 13.4. The highest BCUT2D eigenvalue weighted by atomic mass is 19.1. The van der Waals surface area contributed by atoms with Gasteiger partial charge in [0.25, 0.3) is 0 Å². The van der Waals surface area contributed by atoms with E-state index in [-0.39, 0.29) is 18.0 Å². The molecule has 0 N–H and O–H groups in total. The first-order valence-corrected chi connectivity index (χ1v) is 8.59. The van der Waals surface area contributed by atoms with Crippen molar-refractivity contribution in [3.05, 3.63) is 42.6 Å². The highest BCUT2D eigenvalue weighted by Gasteiger charge is 2.27. The van der Waals surface area contributed by atoms with Crippen LogP contribution < -0.4 is 0 Å². The van der Waals surface area contributed by atoms with Gasteiger partial charge in [0.2, 0.25) is 0 Å². The molecule has 0 atom stereocenters. The Morgan fingerprint density at radius 3 is 2.64 bits per heavy atom. The minimum absolute atomic E-state index is 0.253. The van der Waals surface area contributed by atoms with E-state index in [1.165, 1.54) is 12.1 Å². The van der Waals surface area contributed by atoms with Crippen LogP contribution in [0.4, 0.5) is 9.18 Å². The van der Waals surface area contributed by atoms with Crippen LogP contribution in [0.1, 0.15) is 39.7 Å². The van der Waals surface area contributed by atoms with Crippen LogP contribution in [-0.2, 0) is 4.74 Å². The van der Waals surface area contributed by atoms with E-state index in [1.54, 1.807) is 17.3 Å². The summed E-state index contributed by atoms with van der Waals surface area (Å²) in [7, 11) is 0. The monoisotopic (exact) mass is 345 g/mol. The zero-order valence-corrected chi connectivity index (χ0v) is 14.9. The van der Waals surface area contributed by atoms with Crippen molar-refractivity contribution >= 4 is 6.09 Å². The zero-order valence-electron chi connectivity index (χ0n) is 14.9. The molecule has 0 bridgehead atoms. The van der Waals surface area contributed by atoms with Crippen molar-refractivity contribution in [3.63, 3.8) is 0 Å². The van der Waals surface area contributed by atoms with Gasteiger partial charge in [0, 0.05) is 30.9 Å². The zero-order chi connectivity index (χ0) is 18.0. The van der Waals surface area contributed by atoms with Gasteiger partial charge in [-0.25, -0.2) is 14.2 Å². The van der Waals surface area contributed by atoms with E-state index >= 15 is 0 Å². The lowest BCUT2D eigenvalue weighted by molar-refractivity contribution is 0.0188. The van der Waals surface area contributed by atoms with Crippen LogP contribution in [0, 0.1) is 5.82 Å². The predicted octanol–water partition coefficient (Wildman–Crippen LogP) is 4.26. The molecule has 1 aromatic heterocycles. The van der Waals surface area contributed by atoms with Gasteiger partial charge in [0.15, 0.2) is 0 Å². The van der Waals surface area contributed by atoms with E-state index in [2.05, 4.69) is 9.55 Å². The second-order valence-electron chi connectivity index (χ2n) is 7.42. The second-order valence-corrected chi connectivity index (χ2v) is 7.42. The van der Waals surface area contributed by atoms with Crippen LogP contribution in [0.15, 0.2) is 36.8 Å². The Hall–Kier alpha value is -2.37. The molecule has 3 rings (SSSR count). The van der Waals surface area contributed by atoms with Gasteiger partial charge in [-0.1, -0.05) is 12.1 Å². The van der Waals surface area contributed by atoms with Gasteiger partial charge in [-0.3, -0.25) is 0 Å². The summed E-state index contributed by atoms with van der Waals surface area (Å²) in [5.41, 5.74) is 1.05. The molecule has 1 amide bonds. The number of benzene rings is 1.